The van der Waals surface area contributed by atoms with E-state index in [1.165, 1.54) is 0 Å². The normalized spacial score (nSPS) is 10.4. The maximum absolute atomic E-state index is 12.3. The average molecular weight is 290 g/mol. The summed E-state index contributed by atoms with van der Waals surface area (Å²) in [6, 6.07) is 19.4. The first-order chi connectivity index (χ1) is 10.7. The standard InChI is InChI=1S/C19H14O3/c1-22-17-10-9-14-11-16(8-7-15(14)12-17)19(21)18(20)13-5-3-2-4-6-13/h2-12H,1H3. The lowest BCUT2D eigenvalue weighted by atomic mass is 9.99. The van der Waals surface area contributed by atoms with Gasteiger partial charge in [0.15, 0.2) is 0 Å². The Morgan fingerprint density at radius 3 is 2.09 bits per heavy atom. The van der Waals surface area contributed by atoms with Gasteiger partial charge in [-0.25, -0.2) is 0 Å². The van der Waals surface area contributed by atoms with Gasteiger partial charge in [0, 0.05) is 11.1 Å². The summed E-state index contributed by atoms with van der Waals surface area (Å²) in [6.07, 6.45) is 0. The molecule has 0 saturated heterocycles. The van der Waals surface area contributed by atoms with Crippen molar-refractivity contribution < 1.29 is 14.3 Å². The SMILES string of the molecule is COc1ccc2cc(C(=O)C(=O)c3ccccc3)ccc2c1. The third kappa shape index (κ3) is 2.61. The monoisotopic (exact) mass is 290 g/mol. The van der Waals surface area contributed by atoms with Gasteiger partial charge in [0.25, 0.3) is 0 Å². The van der Waals surface area contributed by atoms with Crippen molar-refractivity contribution in [1.29, 1.82) is 0 Å². The van der Waals surface area contributed by atoms with Crippen molar-refractivity contribution in [3.63, 3.8) is 0 Å². The number of carbonyl (C=O) groups is 2. The van der Waals surface area contributed by atoms with E-state index >= 15 is 0 Å². The lowest BCUT2D eigenvalue weighted by molar-refractivity contribution is 0.0817. The van der Waals surface area contributed by atoms with Crippen molar-refractivity contribution in [2.24, 2.45) is 0 Å². The molecule has 0 heterocycles. The van der Waals surface area contributed by atoms with Crippen LogP contribution in [0.25, 0.3) is 10.8 Å². The van der Waals surface area contributed by atoms with Crippen LogP contribution in [0, 0.1) is 0 Å². The summed E-state index contributed by atoms with van der Waals surface area (Å²) < 4.78 is 5.17. The molecule has 0 aliphatic heterocycles. The first-order valence-corrected chi connectivity index (χ1v) is 6.91. The lowest BCUT2D eigenvalue weighted by Crippen LogP contribution is -2.14. The molecular weight excluding hydrogens is 276 g/mol. The predicted octanol–water partition coefficient (Wildman–Crippen LogP) is 3.91. The molecule has 22 heavy (non-hydrogen) atoms. The largest absolute Gasteiger partial charge is 0.497 e. The van der Waals surface area contributed by atoms with E-state index in [4.69, 9.17) is 4.74 Å². The number of fused-ring (bicyclic) bond motifs is 1. The minimum atomic E-state index is -0.496. The molecule has 0 unspecified atom stereocenters. The second kappa shape index (κ2) is 5.82. The van der Waals surface area contributed by atoms with Gasteiger partial charge in [-0.05, 0) is 29.0 Å². The fourth-order valence-electron chi connectivity index (χ4n) is 2.34. The van der Waals surface area contributed by atoms with Crippen LogP contribution in [0.15, 0.2) is 66.7 Å². The summed E-state index contributed by atoms with van der Waals surface area (Å²) in [4.78, 5) is 24.5. The third-order valence-electron chi connectivity index (χ3n) is 3.55. The maximum Gasteiger partial charge on any atom is 0.233 e. The lowest BCUT2D eigenvalue weighted by Gasteiger charge is -2.05. The Bertz CT molecular complexity index is 851. The highest BCUT2D eigenvalue weighted by atomic mass is 16.5. The molecule has 0 bridgehead atoms. The highest BCUT2D eigenvalue weighted by molar-refractivity contribution is 6.49. The highest BCUT2D eigenvalue weighted by Crippen LogP contribution is 2.22. The maximum atomic E-state index is 12.3. The summed E-state index contributed by atoms with van der Waals surface area (Å²) in [6.45, 7) is 0. The van der Waals surface area contributed by atoms with Crippen molar-refractivity contribution in [3.05, 3.63) is 77.9 Å². The summed E-state index contributed by atoms with van der Waals surface area (Å²) in [7, 11) is 1.61. The molecule has 0 fully saturated rings. The second-order valence-electron chi connectivity index (χ2n) is 4.95. The van der Waals surface area contributed by atoms with E-state index in [0.29, 0.717) is 11.1 Å². The van der Waals surface area contributed by atoms with Crippen molar-refractivity contribution in [2.75, 3.05) is 7.11 Å². The predicted molar refractivity (Wildman–Crippen MR) is 85.6 cm³/mol. The molecule has 0 aliphatic rings. The van der Waals surface area contributed by atoms with Crippen LogP contribution < -0.4 is 4.74 Å². The molecule has 3 rings (SSSR count). The van der Waals surface area contributed by atoms with E-state index in [1.54, 1.807) is 43.5 Å². The molecule has 0 aromatic heterocycles. The topological polar surface area (TPSA) is 43.4 Å². The van der Waals surface area contributed by atoms with Gasteiger partial charge in [-0.15, -0.1) is 0 Å². The van der Waals surface area contributed by atoms with Crippen LogP contribution in [0.3, 0.4) is 0 Å². The van der Waals surface area contributed by atoms with Crippen molar-refractivity contribution in [3.8, 4) is 5.75 Å². The molecule has 0 amide bonds. The van der Waals surface area contributed by atoms with Gasteiger partial charge in [-0.2, -0.15) is 0 Å². The van der Waals surface area contributed by atoms with Crippen molar-refractivity contribution >= 4 is 22.3 Å². The summed E-state index contributed by atoms with van der Waals surface area (Å²) in [5.41, 5.74) is 0.800. The Hall–Kier alpha value is -2.94. The number of hydrogen-bond acceptors (Lipinski definition) is 3. The number of carbonyl (C=O) groups excluding carboxylic acids is 2. The van der Waals surface area contributed by atoms with E-state index in [2.05, 4.69) is 0 Å². The zero-order valence-electron chi connectivity index (χ0n) is 12.1. The molecule has 0 N–H and O–H groups in total. The Labute approximate surface area is 128 Å². The van der Waals surface area contributed by atoms with Crippen LogP contribution in [-0.2, 0) is 0 Å². The number of hydrogen-bond donors (Lipinski definition) is 0. The average Bonchev–Trinajstić information content (AvgIpc) is 2.60. The van der Waals surface area contributed by atoms with Gasteiger partial charge in [0.1, 0.15) is 5.75 Å². The number of rotatable bonds is 4. The van der Waals surface area contributed by atoms with Gasteiger partial charge in [0.2, 0.25) is 11.6 Å². The zero-order chi connectivity index (χ0) is 15.5. The van der Waals surface area contributed by atoms with E-state index < -0.39 is 11.6 Å². The first kappa shape index (κ1) is 14.0. The molecule has 0 radical (unpaired) electrons. The third-order valence-corrected chi connectivity index (χ3v) is 3.55. The van der Waals surface area contributed by atoms with Crippen LogP contribution in [-0.4, -0.2) is 18.7 Å². The zero-order valence-corrected chi connectivity index (χ0v) is 12.1. The number of methoxy groups -OCH3 is 1. The first-order valence-electron chi connectivity index (χ1n) is 6.91. The van der Waals surface area contributed by atoms with E-state index in [9.17, 15) is 9.59 Å². The highest BCUT2D eigenvalue weighted by Gasteiger charge is 2.18. The molecule has 3 aromatic rings. The van der Waals surface area contributed by atoms with Crippen LogP contribution in [0.4, 0.5) is 0 Å². The summed E-state index contributed by atoms with van der Waals surface area (Å²) in [5, 5.41) is 1.86. The van der Waals surface area contributed by atoms with Crippen LogP contribution >= 0.6 is 0 Å². The van der Waals surface area contributed by atoms with Gasteiger partial charge >= 0.3 is 0 Å². The molecule has 3 nitrogen and oxygen atoms in total. The van der Waals surface area contributed by atoms with Crippen LogP contribution in [0.5, 0.6) is 5.75 Å². The Kier molecular flexibility index (Phi) is 3.71. The van der Waals surface area contributed by atoms with Gasteiger partial charge < -0.3 is 4.74 Å². The van der Waals surface area contributed by atoms with Crippen LogP contribution in [0.1, 0.15) is 20.7 Å². The quantitative estimate of drug-likeness (QED) is 0.540. The molecule has 0 saturated carbocycles. The van der Waals surface area contributed by atoms with Gasteiger partial charge in [-0.1, -0.05) is 48.5 Å². The fraction of sp³-hybridized carbons (Fsp3) is 0.0526. The van der Waals surface area contributed by atoms with E-state index in [-0.39, 0.29) is 0 Å². The Morgan fingerprint density at radius 2 is 1.36 bits per heavy atom. The molecule has 108 valence electrons. The van der Waals surface area contributed by atoms with Crippen LogP contribution in [0.2, 0.25) is 0 Å². The smallest absolute Gasteiger partial charge is 0.233 e. The van der Waals surface area contributed by atoms with Crippen molar-refractivity contribution in [1.82, 2.24) is 0 Å². The minimum Gasteiger partial charge on any atom is -0.497 e. The number of benzene rings is 3. The molecule has 0 aliphatic carbocycles. The number of ketones is 2. The van der Waals surface area contributed by atoms with Gasteiger partial charge in [0.05, 0.1) is 7.11 Å². The van der Waals surface area contributed by atoms with E-state index in [0.717, 1.165) is 16.5 Å². The molecule has 3 heteroatoms. The Balaban J connectivity index is 1.96. The molecular formula is C19H14O3. The van der Waals surface area contributed by atoms with E-state index in [1.807, 2.05) is 30.3 Å². The van der Waals surface area contributed by atoms with Crippen molar-refractivity contribution in [2.45, 2.75) is 0 Å². The molecule has 0 atom stereocenters. The minimum absolute atomic E-state index is 0.395. The summed E-state index contributed by atoms with van der Waals surface area (Å²) >= 11 is 0. The summed E-state index contributed by atoms with van der Waals surface area (Å²) in [5.74, 6) is -0.232. The second-order valence-corrected chi connectivity index (χ2v) is 4.95. The Morgan fingerprint density at radius 1 is 0.727 bits per heavy atom. The number of ether oxygens (including phenoxy) is 1. The molecule has 0 spiro atoms. The molecule has 3 aromatic carbocycles. The fourth-order valence-corrected chi connectivity index (χ4v) is 2.34. The number of Topliss-reactive ketones (excluding diaryl/α,β-unsaturated/α-hetero) is 2. The van der Waals surface area contributed by atoms with Gasteiger partial charge in [-0.3, -0.25) is 9.59 Å².